The average Bonchev–Trinajstić information content (AvgIpc) is 3.47. The molecule has 4 aromatic rings. The molecule has 0 radical (unpaired) electrons. The Balaban J connectivity index is 1.34. The molecule has 0 saturated heterocycles. The van der Waals surface area contributed by atoms with Gasteiger partial charge in [0.2, 0.25) is 0 Å². The summed E-state index contributed by atoms with van der Waals surface area (Å²) in [5.74, 6) is -0.0972. The van der Waals surface area contributed by atoms with E-state index in [0.29, 0.717) is 33.5 Å². The first-order valence-electron chi connectivity index (χ1n) is 11.5. The fourth-order valence-corrected chi connectivity index (χ4v) is 6.01. The lowest BCUT2D eigenvalue weighted by Gasteiger charge is -2.23. The zero-order valence-corrected chi connectivity index (χ0v) is 21.9. The van der Waals surface area contributed by atoms with Crippen LogP contribution in [0.3, 0.4) is 0 Å². The normalized spacial score (nSPS) is 17.3. The van der Waals surface area contributed by atoms with E-state index in [-0.39, 0.29) is 17.9 Å². The molecule has 0 aliphatic carbocycles. The number of aromatic carboxylic acids is 1. The SMILES string of the molecule is CC(C)C1ON=C(c2c(Cl)cccc2Cl)C1COc1ccc(-c2ccc3c(C(=O)O)csc3c2)cc1. The Labute approximate surface area is 222 Å². The van der Waals surface area contributed by atoms with Crippen molar-refractivity contribution >= 4 is 56.3 Å². The minimum Gasteiger partial charge on any atom is -0.493 e. The van der Waals surface area contributed by atoms with Crippen molar-refractivity contribution in [3.63, 3.8) is 0 Å². The van der Waals surface area contributed by atoms with E-state index >= 15 is 0 Å². The van der Waals surface area contributed by atoms with E-state index in [4.69, 9.17) is 32.8 Å². The molecule has 184 valence electrons. The van der Waals surface area contributed by atoms with Crippen LogP contribution in [0, 0.1) is 11.8 Å². The van der Waals surface area contributed by atoms with Crippen LogP contribution in [0.5, 0.6) is 5.75 Å². The Morgan fingerprint density at radius 1 is 1.08 bits per heavy atom. The summed E-state index contributed by atoms with van der Waals surface area (Å²) in [6, 6.07) is 19.0. The molecule has 8 heteroatoms. The van der Waals surface area contributed by atoms with E-state index in [1.54, 1.807) is 23.6 Å². The van der Waals surface area contributed by atoms with Crippen LogP contribution in [0.25, 0.3) is 21.2 Å². The summed E-state index contributed by atoms with van der Waals surface area (Å²) in [5, 5.41) is 17.2. The first kappa shape index (κ1) is 24.6. The van der Waals surface area contributed by atoms with Gasteiger partial charge in [-0.2, -0.15) is 0 Å². The van der Waals surface area contributed by atoms with Gasteiger partial charge in [0.25, 0.3) is 0 Å². The van der Waals surface area contributed by atoms with Crippen LogP contribution in [0.2, 0.25) is 10.0 Å². The molecular formula is C28H23Cl2NO4S. The standard InChI is InChI=1S/C28H23Cl2NO4S/c1-15(2)27-20(26(31-35-27)25-22(29)4-3-5-23(25)30)13-34-18-9-6-16(7-10-18)17-8-11-19-21(28(32)33)14-36-24(19)12-17/h3-12,14-15,20,27H,13H2,1-2H3,(H,32,33). The summed E-state index contributed by atoms with van der Waals surface area (Å²) in [6.07, 6.45) is -0.153. The molecule has 1 aliphatic heterocycles. The Morgan fingerprint density at radius 3 is 2.44 bits per heavy atom. The molecule has 2 atom stereocenters. The number of rotatable bonds is 7. The number of benzene rings is 3. The number of nitrogens with zero attached hydrogens (tertiary/aromatic N) is 1. The highest BCUT2D eigenvalue weighted by molar-refractivity contribution is 7.17. The van der Waals surface area contributed by atoms with Crippen LogP contribution >= 0.6 is 34.5 Å². The number of hydrogen-bond acceptors (Lipinski definition) is 5. The van der Waals surface area contributed by atoms with E-state index < -0.39 is 5.97 Å². The van der Waals surface area contributed by atoms with Crippen LogP contribution in [-0.2, 0) is 4.84 Å². The Hall–Kier alpha value is -3.06. The van der Waals surface area contributed by atoms with Gasteiger partial charge in [-0.15, -0.1) is 11.3 Å². The molecule has 3 aromatic carbocycles. The molecule has 36 heavy (non-hydrogen) atoms. The van der Waals surface area contributed by atoms with Gasteiger partial charge in [0.15, 0.2) is 0 Å². The number of carboxylic acids is 1. The van der Waals surface area contributed by atoms with Crippen LogP contribution in [0.15, 0.2) is 71.2 Å². The van der Waals surface area contributed by atoms with Gasteiger partial charge < -0.3 is 14.7 Å². The van der Waals surface area contributed by atoms with Gasteiger partial charge >= 0.3 is 5.97 Å². The summed E-state index contributed by atoms with van der Waals surface area (Å²) in [7, 11) is 0. The molecule has 0 spiro atoms. The van der Waals surface area contributed by atoms with E-state index in [0.717, 1.165) is 27.0 Å². The number of hydrogen-bond donors (Lipinski definition) is 1. The van der Waals surface area contributed by atoms with Gasteiger partial charge in [-0.25, -0.2) is 4.79 Å². The van der Waals surface area contributed by atoms with Gasteiger partial charge in [0, 0.05) is 21.0 Å². The molecule has 1 N–H and O–H groups in total. The summed E-state index contributed by atoms with van der Waals surface area (Å²) in [4.78, 5) is 17.2. The number of ether oxygens (including phenoxy) is 1. The predicted octanol–water partition coefficient (Wildman–Crippen LogP) is 8.03. The smallest absolute Gasteiger partial charge is 0.337 e. The molecule has 1 aromatic heterocycles. The van der Waals surface area contributed by atoms with Gasteiger partial charge in [0.05, 0.1) is 21.5 Å². The zero-order chi connectivity index (χ0) is 25.4. The number of oxime groups is 1. The topological polar surface area (TPSA) is 68.1 Å². The Kier molecular flexibility index (Phi) is 6.93. The number of carboxylic acid groups (broad SMARTS) is 1. The number of thiophene rings is 1. The van der Waals surface area contributed by atoms with E-state index in [2.05, 4.69) is 19.0 Å². The summed E-state index contributed by atoms with van der Waals surface area (Å²) in [6.45, 7) is 4.54. The third-order valence-electron chi connectivity index (χ3n) is 6.32. The molecule has 2 heterocycles. The molecule has 1 aliphatic rings. The van der Waals surface area contributed by atoms with Crippen LogP contribution in [0.4, 0.5) is 0 Å². The summed E-state index contributed by atoms with van der Waals surface area (Å²) < 4.78 is 7.12. The number of halogens is 2. The van der Waals surface area contributed by atoms with Crippen LogP contribution < -0.4 is 4.74 Å². The fraction of sp³-hybridized carbons (Fsp3) is 0.214. The minimum atomic E-state index is -0.909. The van der Waals surface area contributed by atoms with Crippen molar-refractivity contribution in [3.05, 3.63) is 87.2 Å². The maximum atomic E-state index is 11.4. The van der Waals surface area contributed by atoms with Crippen molar-refractivity contribution in [1.82, 2.24) is 0 Å². The van der Waals surface area contributed by atoms with Gasteiger partial charge in [-0.1, -0.05) is 72.5 Å². The first-order valence-corrected chi connectivity index (χ1v) is 13.1. The van der Waals surface area contributed by atoms with Crippen molar-refractivity contribution < 1.29 is 19.5 Å². The highest BCUT2D eigenvalue weighted by atomic mass is 35.5. The van der Waals surface area contributed by atoms with E-state index in [1.807, 2.05) is 42.5 Å². The van der Waals surface area contributed by atoms with Crippen LogP contribution in [-0.4, -0.2) is 29.5 Å². The highest BCUT2D eigenvalue weighted by Gasteiger charge is 2.39. The first-order chi connectivity index (χ1) is 17.3. The van der Waals surface area contributed by atoms with E-state index in [1.165, 1.54) is 11.3 Å². The maximum Gasteiger partial charge on any atom is 0.337 e. The second kappa shape index (κ2) is 10.1. The van der Waals surface area contributed by atoms with Crippen molar-refractivity contribution in [2.24, 2.45) is 17.0 Å². The lowest BCUT2D eigenvalue weighted by Crippen LogP contribution is -2.33. The van der Waals surface area contributed by atoms with Crippen molar-refractivity contribution in [2.45, 2.75) is 20.0 Å². The van der Waals surface area contributed by atoms with Crippen LogP contribution in [0.1, 0.15) is 29.8 Å². The van der Waals surface area contributed by atoms with Crippen molar-refractivity contribution in [2.75, 3.05) is 6.61 Å². The molecule has 5 rings (SSSR count). The molecule has 0 bridgehead atoms. The quantitative estimate of drug-likeness (QED) is 0.258. The second-order valence-corrected chi connectivity index (χ2v) is 10.7. The van der Waals surface area contributed by atoms with Gasteiger partial charge in [0.1, 0.15) is 24.2 Å². The minimum absolute atomic E-state index is 0.133. The lowest BCUT2D eigenvalue weighted by molar-refractivity contribution is 0.0178. The maximum absolute atomic E-state index is 11.4. The number of fused-ring (bicyclic) bond motifs is 1. The third-order valence-corrected chi connectivity index (χ3v) is 7.89. The van der Waals surface area contributed by atoms with Gasteiger partial charge in [-0.05, 0) is 47.4 Å². The summed E-state index contributed by atoms with van der Waals surface area (Å²) >= 11 is 14.3. The zero-order valence-electron chi connectivity index (χ0n) is 19.6. The molecule has 0 fully saturated rings. The Bertz CT molecular complexity index is 1440. The van der Waals surface area contributed by atoms with Gasteiger partial charge in [-0.3, -0.25) is 0 Å². The third kappa shape index (κ3) is 4.69. The second-order valence-electron chi connectivity index (χ2n) is 8.99. The van der Waals surface area contributed by atoms with Crippen molar-refractivity contribution in [3.8, 4) is 16.9 Å². The molecule has 5 nitrogen and oxygen atoms in total. The average molecular weight is 540 g/mol. The molecule has 0 amide bonds. The number of carbonyl (C=O) groups is 1. The lowest BCUT2D eigenvalue weighted by atomic mass is 9.87. The fourth-order valence-electron chi connectivity index (χ4n) is 4.45. The van der Waals surface area contributed by atoms with Crippen molar-refractivity contribution in [1.29, 1.82) is 0 Å². The Morgan fingerprint density at radius 2 is 1.78 bits per heavy atom. The highest BCUT2D eigenvalue weighted by Crippen LogP contribution is 2.35. The monoisotopic (exact) mass is 539 g/mol. The molecule has 0 saturated carbocycles. The molecular weight excluding hydrogens is 517 g/mol. The summed E-state index contributed by atoms with van der Waals surface area (Å²) in [5.41, 5.74) is 3.75. The predicted molar refractivity (Wildman–Crippen MR) is 146 cm³/mol. The molecule has 2 unspecified atom stereocenters. The largest absolute Gasteiger partial charge is 0.493 e. The van der Waals surface area contributed by atoms with E-state index in [9.17, 15) is 9.90 Å².